The number of benzene rings is 1. The van der Waals surface area contributed by atoms with Crippen molar-refractivity contribution in [2.24, 2.45) is 0 Å². The molecule has 1 rings (SSSR count). The third-order valence-electron chi connectivity index (χ3n) is 1.43. The van der Waals surface area contributed by atoms with Gasteiger partial charge in [0.2, 0.25) is 0 Å². The number of aryl methyl sites for hydroxylation is 1. The molecule has 0 aliphatic heterocycles. The van der Waals surface area contributed by atoms with Crippen molar-refractivity contribution in [3.63, 3.8) is 0 Å². The Morgan fingerprint density at radius 2 is 2.09 bits per heavy atom. The summed E-state index contributed by atoms with van der Waals surface area (Å²) in [7, 11) is 0. The zero-order chi connectivity index (χ0) is 8.10. The van der Waals surface area contributed by atoms with Gasteiger partial charge in [-0.1, -0.05) is 18.2 Å². The van der Waals surface area contributed by atoms with Crippen LogP contribution in [0.4, 0.5) is 0 Å². The lowest BCUT2D eigenvalue weighted by molar-refractivity contribution is 0.138. The lowest BCUT2D eigenvalue weighted by Gasteiger charge is -2.05. The summed E-state index contributed by atoms with van der Waals surface area (Å²) in [4.78, 5) is 0. The van der Waals surface area contributed by atoms with Crippen LogP contribution in [0.15, 0.2) is 24.3 Å². The fraction of sp³-hybridized carbons (Fsp3) is 0.333. The van der Waals surface area contributed by atoms with E-state index in [4.69, 9.17) is 4.74 Å². The fourth-order valence-corrected chi connectivity index (χ4v) is 0.870. The topological polar surface area (TPSA) is 29.1 Å². The Kier molecular flexibility index (Phi) is 2.93. The molecule has 2 heteroatoms. The minimum atomic E-state index is -0.186. The van der Waals surface area contributed by atoms with Crippen molar-refractivity contribution in [2.75, 3.05) is 13.2 Å². The van der Waals surface area contributed by atoms with E-state index in [2.05, 4.69) is 0 Å². The zero-order valence-corrected chi connectivity index (χ0v) is 6.54. The van der Waals surface area contributed by atoms with Gasteiger partial charge in [0.1, 0.15) is 19.0 Å². The lowest BCUT2D eigenvalue weighted by atomic mass is 10.2. The van der Waals surface area contributed by atoms with Gasteiger partial charge >= 0.3 is 0 Å². The molecule has 2 nitrogen and oxygen atoms in total. The van der Waals surface area contributed by atoms with E-state index in [0.717, 1.165) is 11.3 Å². The molecule has 0 aliphatic rings. The summed E-state index contributed by atoms with van der Waals surface area (Å²) in [6.07, 6.45) is 0. The Morgan fingerprint density at radius 1 is 1.36 bits per heavy atom. The van der Waals surface area contributed by atoms with E-state index in [0.29, 0.717) is 0 Å². The summed E-state index contributed by atoms with van der Waals surface area (Å²) >= 11 is 0. The molecule has 0 atom stereocenters. The molecule has 0 N–H and O–H groups in total. The van der Waals surface area contributed by atoms with Crippen LogP contribution in [0, 0.1) is 6.92 Å². The standard InChI is InChI=1S/C9H11O2/c1-8-4-2-3-5-9(8)11-7-6-10/h2-5H,6-7H2,1H3. The van der Waals surface area contributed by atoms with Gasteiger partial charge in [0.25, 0.3) is 0 Å². The molecule has 1 radical (unpaired) electrons. The molecule has 0 saturated heterocycles. The third-order valence-corrected chi connectivity index (χ3v) is 1.43. The molecule has 11 heavy (non-hydrogen) atoms. The van der Waals surface area contributed by atoms with Crippen LogP contribution >= 0.6 is 0 Å². The first-order valence-electron chi connectivity index (χ1n) is 3.61. The van der Waals surface area contributed by atoms with E-state index < -0.39 is 0 Å². The number of hydrogen-bond acceptors (Lipinski definition) is 1. The highest BCUT2D eigenvalue weighted by Crippen LogP contribution is 2.15. The summed E-state index contributed by atoms with van der Waals surface area (Å²) in [6.45, 7) is 2.03. The number of hydrogen-bond donors (Lipinski definition) is 0. The second-order valence-corrected chi connectivity index (χ2v) is 2.32. The molecule has 0 aliphatic carbocycles. The van der Waals surface area contributed by atoms with E-state index in [1.54, 1.807) is 0 Å². The van der Waals surface area contributed by atoms with Gasteiger partial charge in [0.05, 0.1) is 0 Å². The van der Waals surface area contributed by atoms with Gasteiger partial charge in [-0.3, -0.25) is 0 Å². The van der Waals surface area contributed by atoms with Gasteiger partial charge in [0.15, 0.2) is 0 Å². The SMILES string of the molecule is Cc1ccccc1OCC[O]. The van der Waals surface area contributed by atoms with Crippen LogP contribution < -0.4 is 4.74 Å². The van der Waals surface area contributed by atoms with Crippen LogP contribution in [-0.4, -0.2) is 13.2 Å². The maximum Gasteiger partial charge on any atom is 0.122 e. The fourth-order valence-electron chi connectivity index (χ4n) is 0.870. The van der Waals surface area contributed by atoms with E-state index in [1.165, 1.54) is 0 Å². The molecular formula is C9H11O2. The minimum Gasteiger partial charge on any atom is -0.491 e. The maximum absolute atomic E-state index is 10.1. The van der Waals surface area contributed by atoms with E-state index >= 15 is 0 Å². The molecule has 1 aromatic carbocycles. The molecule has 0 unspecified atom stereocenters. The Labute approximate surface area is 66.4 Å². The first-order chi connectivity index (χ1) is 5.34. The number of ether oxygens (including phenoxy) is 1. The van der Waals surface area contributed by atoms with Gasteiger partial charge in [-0.15, -0.1) is 0 Å². The van der Waals surface area contributed by atoms with Crippen molar-refractivity contribution in [1.29, 1.82) is 0 Å². The minimum absolute atomic E-state index is 0.186. The lowest BCUT2D eigenvalue weighted by Crippen LogP contribution is -2.01. The molecule has 0 amide bonds. The quantitative estimate of drug-likeness (QED) is 0.647. The average Bonchev–Trinajstić information content (AvgIpc) is 2.03. The van der Waals surface area contributed by atoms with Crippen molar-refractivity contribution in [3.8, 4) is 5.75 Å². The van der Waals surface area contributed by atoms with Crippen LogP contribution in [0.5, 0.6) is 5.75 Å². The van der Waals surface area contributed by atoms with Gasteiger partial charge in [-0.2, -0.15) is 0 Å². The summed E-state index contributed by atoms with van der Waals surface area (Å²) in [6, 6.07) is 7.66. The van der Waals surface area contributed by atoms with Crippen LogP contribution in [-0.2, 0) is 5.11 Å². The highest BCUT2D eigenvalue weighted by molar-refractivity contribution is 5.31. The van der Waals surface area contributed by atoms with Crippen molar-refractivity contribution >= 4 is 0 Å². The Hall–Kier alpha value is -1.02. The van der Waals surface area contributed by atoms with Crippen molar-refractivity contribution < 1.29 is 9.84 Å². The number of para-hydroxylation sites is 1. The summed E-state index contributed by atoms with van der Waals surface area (Å²) in [5, 5.41) is 10.1. The van der Waals surface area contributed by atoms with Crippen molar-refractivity contribution in [2.45, 2.75) is 6.92 Å². The molecule has 0 fully saturated rings. The Morgan fingerprint density at radius 3 is 2.73 bits per heavy atom. The molecule has 59 valence electrons. The van der Waals surface area contributed by atoms with Gasteiger partial charge in [0, 0.05) is 0 Å². The van der Waals surface area contributed by atoms with Gasteiger partial charge in [-0.25, -0.2) is 5.11 Å². The molecule has 0 heterocycles. The Balaban J connectivity index is 2.62. The first-order valence-corrected chi connectivity index (χ1v) is 3.61. The van der Waals surface area contributed by atoms with Crippen LogP contribution in [0.25, 0.3) is 0 Å². The van der Waals surface area contributed by atoms with Crippen molar-refractivity contribution in [3.05, 3.63) is 29.8 Å². The molecule has 1 aromatic rings. The largest absolute Gasteiger partial charge is 0.491 e. The molecule has 0 saturated carbocycles. The van der Waals surface area contributed by atoms with Crippen LogP contribution in [0.1, 0.15) is 5.56 Å². The predicted octanol–water partition coefficient (Wildman–Crippen LogP) is 1.80. The van der Waals surface area contributed by atoms with Crippen LogP contribution in [0.3, 0.4) is 0 Å². The summed E-state index contributed by atoms with van der Waals surface area (Å²) < 4.78 is 5.17. The smallest absolute Gasteiger partial charge is 0.122 e. The predicted molar refractivity (Wildman–Crippen MR) is 42.2 cm³/mol. The third kappa shape index (κ3) is 2.24. The highest BCUT2D eigenvalue weighted by Gasteiger charge is 1.95. The van der Waals surface area contributed by atoms with E-state index in [9.17, 15) is 5.11 Å². The maximum atomic E-state index is 10.1. The first kappa shape index (κ1) is 8.08. The second kappa shape index (κ2) is 3.98. The monoisotopic (exact) mass is 151 g/mol. The molecule has 0 aromatic heterocycles. The highest BCUT2D eigenvalue weighted by atomic mass is 16.5. The second-order valence-electron chi connectivity index (χ2n) is 2.32. The van der Waals surface area contributed by atoms with E-state index in [-0.39, 0.29) is 13.2 Å². The molecule has 0 bridgehead atoms. The van der Waals surface area contributed by atoms with Crippen molar-refractivity contribution in [1.82, 2.24) is 0 Å². The zero-order valence-electron chi connectivity index (χ0n) is 6.54. The molecular weight excluding hydrogens is 140 g/mol. The summed E-state index contributed by atoms with van der Waals surface area (Å²) in [5.74, 6) is 0.809. The Bertz CT molecular complexity index is 221. The van der Waals surface area contributed by atoms with E-state index in [1.807, 2.05) is 31.2 Å². The normalized spacial score (nSPS) is 9.64. The summed E-state index contributed by atoms with van der Waals surface area (Å²) in [5.41, 5.74) is 1.07. The van der Waals surface area contributed by atoms with Crippen LogP contribution in [0.2, 0.25) is 0 Å². The molecule has 0 spiro atoms. The van der Waals surface area contributed by atoms with Gasteiger partial charge < -0.3 is 4.74 Å². The average molecular weight is 151 g/mol. The van der Waals surface area contributed by atoms with Gasteiger partial charge in [-0.05, 0) is 18.6 Å². The number of rotatable bonds is 3.